The highest BCUT2D eigenvalue weighted by Crippen LogP contribution is 2.22. The Labute approximate surface area is 133 Å². The quantitative estimate of drug-likeness (QED) is 0.477. The van der Waals surface area contributed by atoms with E-state index < -0.39 is 0 Å². The van der Waals surface area contributed by atoms with Crippen molar-refractivity contribution in [3.8, 4) is 0 Å². The molecule has 0 aliphatic carbocycles. The lowest BCUT2D eigenvalue weighted by Gasteiger charge is -2.03. The summed E-state index contributed by atoms with van der Waals surface area (Å²) < 4.78 is 0. The molecule has 0 saturated carbocycles. The Morgan fingerprint density at radius 1 is 1.20 bits per heavy atom. The molecule has 0 amide bonds. The number of benzene rings is 1. The molecular formula is C13H16Cl2N4S. The number of thioether (sulfide) groups is 1. The minimum absolute atomic E-state index is 0.499. The van der Waals surface area contributed by atoms with E-state index in [2.05, 4.69) is 15.2 Å². The smallest absolute Gasteiger partial charge is 0.210 e. The number of hydrogen-bond acceptors (Lipinski definition) is 3. The maximum absolute atomic E-state index is 5.98. The number of rotatable bonds is 3. The van der Waals surface area contributed by atoms with Crippen molar-refractivity contribution in [2.24, 2.45) is 15.2 Å². The number of hydrogen-bond donors (Lipinski definition) is 0. The van der Waals surface area contributed by atoms with Gasteiger partial charge in [0.15, 0.2) is 0 Å². The van der Waals surface area contributed by atoms with Gasteiger partial charge in [0.2, 0.25) is 5.17 Å². The third-order valence-electron chi connectivity index (χ3n) is 2.20. The van der Waals surface area contributed by atoms with Gasteiger partial charge in [0.05, 0.1) is 22.1 Å². The van der Waals surface area contributed by atoms with Gasteiger partial charge < -0.3 is 4.90 Å². The van der Waals surface area contributed by atoms with Crippen LogP contribution in [0.1, 0.15) is 12.5 Å². The van der Waals surface area contributed by atoms with Crippen molar-refractivity contribution in [2.75, 3.05) is 20.4 Å². The number of aliphatic imine (C=N–C) groups is 1. The van der Waals surface area contributed by atoms with Crippen LogP contribution in [0.5, 0.6) is 0 Å². The molecule has 0 atom stereocenters. The molecule has 0 bridgehead atoms. The molecule has 108 valence electrons. The van der Waals surface area contributed by atoms with E-state index in [0.29, 0.717) is 15.2 Å². The molecule has 0 fully saturated rings. The molecule has 0 N–H and O–H groups in total. The molecule has 0 radical (unpaired) electrons. The lowest BCUT2D eigenvalue weighted by molar-refractivity contribution is 0.644. The number of nitrogens with zero attached hydrogens (tertiary/aromatic N) is 4. The summed E-state index contributed by atoms with van der Waals surface area (Å²) >= 11 is 13.3. The molecule has 0 saturated heterocycles. The lowest BCUT2D eigenvalue weighted by atomic mass is 10.1. The Bertz CT molecular complexity index is 553. The van der Waals surface area contributed by atoms with E-state index in [9.17, 15) is 0 Å². The zero-order valence-electron chi connectivity index (χ0n) is 11.8. The summed E-state index contributed by atoms with van der Waals surface area (Å²) in [7, 11) is 3.79. The van der Waals surface area contributed by atoms with Gasteiger partial charge in [0.1, 0.15) is 0 Å². The number of halogens is 2. The Kier molecular flexibility index (Phi) is 7.05. The summed E-state index contributed by atoms with van der Waals surface area (Å²) in [6, 6.07) is 5.35. The number of amidine groups is 1. The summed E-state index contributed by atoms with van der Waals surface area (Å²) in [6.07, 6.45) is 3.58. The van der Waals surface area contributed by atoms with Crippen molar-refractivity contribution in [3.63, 3.8) is 0 Å². The van der Waals surface area contributed by atoms with Gasteiger partial charge in [0, 0.05) is 14.1 Å². The van der Waals surface area contributed by atoms with Crippen molar-refractivity contribution < 1.29 is 0 Å². The third-order valence-corrected chi connectivity index (χ3v) is 3.50. The average Bonchev–Trinajstić information content (AvgIpc) is 2.41. The molecule has 20 heavy (non-hydrogen) atoms. The van der Waals surface area contributed by atoms with E-state index >= 15 is 0 Å². The predicted molar refractivity (Wildman–Crippen MR) is 91.8 cm³/mol. The van der Waals surface area contributed by atoms with Gasteiger partial charge in [-0.2, -0.15) is 5.10 Å². The lowest BCUT2D eigenvalue weighted by Crippen LogP contribution is -2.08. The van der Waals surface area contributed by atoms with E-state index in [-0.39, 0.29) is 0 Å². The minimum atomic E-state index is 0.499. The molecule has 1 aromatic rings. The van der Waals surface area contributed by atoms with Crippen LogP contribution in [0.15, 0.2) is 33.4 Å². The highest BCUT2D eigenvalue weighted by atomic mass is 35.5. The fourth-order valence-electron chi connectivity index (χ4n) is 1.18. The molecule has 1 aromatic carbocycles. The van der Waals surface area contributed by atoms with E-state index in [1.54, 1.807) is 18.5 Å². The van der Waals surface area contributed by atoms with Crippen LogP contribution < -0.4 is 0 Å². The van der Waals surface area contributed by atoms with Crippen molar-refractivity contribution in [1.82, 2.24) is 4.90 Å². The van der Waals surface area contributed by atoms with Gasteiger partial charge in [-0.25, -0.2) is 4.99 Å². The van der Waals surface area contributed by atoms with Crippen LogP contribution in [-0.4, -0.2) is 42.5 Å². The van der Waals surface area contributed by atoms with E-state index in [1.807, 2.05) is 38.2 Å². The van der Waals surface area contributed by atoms with Crippen molar-refractivity contribution in [2.45, 2.75) is 6.92 Å². The van der Waals surface area contributed by atoms with Gasteiger partial charge in [0.25, 0.3) is 0 Å². The van der Waals surface area contributed by atoms with Gasteiger partial charge in [-0.3, -0.25) is 0 Å². The second-order valence-corrected chi connectivity index (χ2v) is 5.70. The molecule has 0 aromatic heterocycles. The summed E-state index contributed by atoms with van der Waals surface area (Å²) in [5.41, 5.74) is 1.62. The fraction of sp³-hybridized carbons (Fsp3) is 0.308. The zero-order chi connectivity index (χ0) is 15.1. The van der Waals surface area contributed by atoms with Crippen molar-refractivity contribution in [1.29, 1.82) is 0 Å². The van der Waals surface area contributed by atoms with Crippen LogP contribution in [0.3, 0.4) is 0 Å². The highest BCUT2D eigenvalue weighted by molar-refractivity contribution is 8.13. The molecular weight excluding hydrogens is 315 g/mol. The van der Waals surface area contributed by atoms with Crippen molar-refractivity contribution in [3.05, 3.63) is 33.8 Å². The summed E-state index contributed by atoms with van der Waals surface area (Å²) in [5, 5.41) is 9.87. The highest BCUT2D eigenvalue weighted by Gasteiger charge is 2.02. The van der Waals surface area contributed by atoms with E-state index in [1.165, 1.54) is 11.8 Å². The first-order valence-electron chi connectivity index (χ1n) is 5.76. The first kappa shape index (κ1) is 17.0. The Hall–Kier alpha value is -1.04. The molecule has 0 aliphatic rings. The van der Waals surface area contributed by atoms with Gasteiger partial charge in [-0.15, -0.1) is 5.10 Å². The monoisotopic (exact) mass is 330 g/mol. The molecule has 7 heteroatoms. The maximum atomic E-state index is 5.98. The molecule has 4 nitrogen and oxygen atoms in total. The summed E-state index contributed by atoms with van der Waals surface area (Å²) in [5.74, 6) is 0. The molecule has 0 unspecified atom stereocenters. The van der Waals surface area contributed by atoms with E-state index in [4.69, 9.17) is 23.2 Å². The second kappa shape index (κ2) is 8.29. The molecule has 0 heterocycles. The van der Waals surface area contributed by atoms with E-state index in [0.717, 1.165) is 11.3 Å². The normalized spacial score (nSPS) is 13.1. The maximum Gasteiger partial charge on any atom is 0.210 e. The summed E-state index contributed by atoms with van der Waals surface area (Å²) in [6.45, 7) is 1.86. The standard InChI is InChI=1S/C13H16Cl2N4S/c1-9(10-5-6-11(14)12(15)7-10)17-18-13(20-4)16-8-19(2)3/h5-8H,1-4H3/b16-8+,17-9-,18-13-. The van der Waals surface area contributed by atoms with Crippen LogP contribution in [-0.2, 0) is 0 Å². The average molecular weight is 331 g/mol. The SMILES string of the molecule is CSC(=N\N=C(\C)c1ccc(Cl)c(Cl)c1)/N=C/N(C)C. The Balaban J connectivity index is 2.94. The van der Waals surface area contributed by atoms with Crippen LogP contribution in [0.25, 0.3) is 0 Å². The van der Waals surface area contributed by atoms with Crippen LogP contribution in [0.4, 0.5) is 0 Å². The first-order valence-corrected chi connectivity index (χ1v) is 7.74. The molecule has 1 rings (SSSR count). The molecule has 0 spiro atoms. The van der Waals surface area contributed by atoms with Crippen LogP contribution >= 0.6 is 35.0 Å². The predicted octanol–water partition coefficient (Wildman–Crippen LogP) is 4.03. The zero-order valence-corrected chi connectivity index (χ0v) is 14.1. The minimum Gasteiger partial charge on any atom is -0.369 e. The molecule has 0 aliphatic heterocycles. The fourth-order valence-corrected chi connectivity index (χ4v) is 1.75. The third kappa shape index (κ3) is 5.53. The van der Waals surface area contributed by atoms with Crippen LogP contribution in [0.2, 0.25) is 10.0 Å². The topological polar surface area (TPSA) is 40.3 Å². The van der Waals surface area contributed by atoms with Crippen molar-refractivity contribution >= 4 is 52.2 Å². The van der Waals surface area contributed by atoms with Gasteiger partial charge in [-0.1, -0.05) is 41.0 Å². The van der Waals surface area contributed by atoms with Crippen LogP contribution in [0, 0.1) is 0 Å². The Morgan fingerprint density at radius 2 is 1.90 bits per heavy atom. The second-order valence-electron chi connectivity index (χ2n) is 4.11. The first-order chi connectivity index (χ1) is 9.43. The van der Waals surface area contributed by atoms with Gasteiger partial charge in [-0.05, 0) is 30.9 Å². The van der Waals surface area contributed by atoms with Gasteiger partial charge >= 0.3 is 0 Å². The summed E-state index contributed by atoms with van der Waals surface area (Å²) in [4.78, 5) is 6.03. The Morgan fingerprint density at radius 3 is 2.45 bits per heavy atom. The largest absolute Gasteiger partial charge is 0.369 e.